The second-order valence-corrected chi connectivity index (χ2v) is 6.14. The molecule has 1 unspecified atom stereocenters. The first-order chi connectivity index (χ1) is 9.74. The Balaban J connectivity index is 2.00. The fraction of sp³-hybridized carbons (Fsp3) is 0.647. The molecular formula is C17H26ClNO. The summed E-state index contributed by atoms with van der Waals surface area (Å²) in [5.74, 6) is 1.69. The number of methoxy groups -OCH3 is 1. The van der Waals surface area contributed by atoms with Gasteiger partial charge in [-0.3, -0.25) is 0 Å². The maximum atomic E-state index is 6.25. The predicted octanol–water partition coefficient (Wildman–Crippen LogP) is 4.97. The second kappa shape index (κ2) is 7.90. The highest BCUT2D eigenvalue weighted by Gasteiger charge is 2.18. The molecule has 0 aromatic heterocycles. The van der Waals surface area contributed by atoms with Crippen molar-refractivity contribution in [1.82, 2.24) is 5.32 Å². The zero-order valence-corrected chi connectivity index (χ0v) is 13.4. The third-order valence-corrected chi connectivity index (χ3v) is 4.66. The molecule has 1 saturated carbocycles. The van der Waals surface area contributed by atoms with Crippen LogP contribution in [0.5, 0.6) is 5.75 Å². The summed E-state index contributed by atoms with van der Waals surface area (Å²) in [6.45, 7) is 3.15. The molecule has 2 nitrogen and oxygen atoms in total. The Morgan fingerprint density at radius 1 is 1.35 bits per heavy atom. The summed E-state index contributed by atoms with van der Waals surface area (Å²) >= 11 is 6.25. The van der Waals surface area contributed by atoms with E-state index in [2.05, 4.69) is 18.3 Å². The summed E-state index contributed by atoms with van der Waals surface area (Å²) in [6.07, 6.45) is 8.20. The number of nitrogens with one attached hydrogen (secondary N) is 1. The van der Waals surface area contributed by atoms with Gasteiger partial charge in [0, 0.05) is 6.04 Å². The molecule has 2 rings (SSSR count). The zero-order valence-electron chi connectivity index (χ0n) is 12.6. The standard InChI is InChI=1S/C17H26ClNO/c1-3-19-16(10-8-13-6-4-5-7-13)14-9-11-17(20-2)15(18)12-14/h9,11-13,16,19H,3-8,10H2,1-2H3. The number of halogens is 1. The molecule has 1 aromatic carbocycles. The highest BCUT2D eigenvalue weighted by atomic mass is 35.5. The van der Waals surface area contributed by atoms with Crippen LogP contribution in [0.4, 0.5) is 0 Å². The van der Waals surface area contributed by atoms with Crippen molar-refractivity contribution in [3.8, 4) is 5.75 Å². The number of rotatable bonds is 7. The van der Waals surface area contributed by atoms with Gasteiger partial charge in [-0.1, -0.05) is 50.3 Å². The first-order valence-corrected chi connectivity index (χ1v) is 8.19. The van der Waals surface area contributed by atoms with Gasteiger partial charge in [-0.15, -0.1) is 0 Å². The van der Waals surface area contributed by atoms with Crippen LogP contribution in [0.1, 0.15) is 57.1 Å². The van der Waals surface area contributed by atoms with Crippen LogP contribution < -0.4 is 10.1 Å². The lowest BCUT2D eigenvalue weighted by molar-refractivity contribution is 0.409. The fourth-order valence-corrected chi connectivity index (χ4v) is 3.50. The minimum absolute atomic E-state index is 0.406. The van der Waals surface area contributed by atoms with E-state index in [0.717, 1.165) is 18.2 Å². The van der Waals surface area contributed by atoms with Crippen molar-refractivity contribution in [3.05, 3.63) is 28.8 Å². The highest BCUT2D eigenvalue weighted by molar-refractivity contribution is 6.32. The van der Waals surface area contributed by atoms with Gasteiger partial charge in [0.1, 0.15) is 5.75 Å². The molecule has 1 N–H and O–H groups in total. The highest BCUT2D eigenvalue weighted by Crippen LogP contribution is 2.33. The van der Waals surface area contributed by atoms with Crippen LogP contribution in [0.15, 0.2) is 18.2 Å². The Kier molecular flexibility index (Phi) is 6.18. The van der Waals surface area contributed by atoms with Crippen molar-refractivity contribution in [3.63, 3.8) is 0 Å². The van der Waals surface area contributed by atoms with Gasteiger partial charge in [0.15, 0.2) is 0 Å². The van der Waals surface area contributed by atoms with Gasteiger partial charge in [0.2, 0.25) is 0 Å². The monoisotopic (exact) mass is 295 g/mol. The summed E-state index contributed by atoms with van der Waals surface area (Å²) in [6, 6.07) is 6.55. The lowest BCUT2D eigenvalue weighted by atomic mass is 9.94. The molecule has 0 aliphatic heterocycles. The molecule has 112 valence electrons. The van der Waals surface area contributed by atoms with Crippen molar-refractivity contribution in [2.75, 3.05) is 13.7 Å². The van der Waals surface area contributed by atoms with E-state index in [0.29, 0.717) is 11.1 Å². The molecule has 0 saturated heterocycles. The molecule has 20 heavy (non-hydrogen) atoms. The minimum atomic E-state index is 0.406. The van der Waals surface area contributed by atoms with Gasteiger partial charge in [-0.25, -0.2) is 0 Å². The van der Waals surface area contributed by atoms with Crippen LogP contribution in [-0.2, 0) is 0 Å². The third kappa shape index (κ3) is 4.13. The summed E-state index contributed by atoms with van der Waals surface area (Å²) in [4.78, 5) is 0. The lowest BCUT2D eigenvalue weighted by Gasteiger charge is -2.21. The topological polar surface area (TPSA) is 21.3 Å². The summed E-state index contributed by atoms with van der Waals surface area (Å²) in [5, 5.41) is 4.29. The van der Waals surface area contributed by atoms with Gasteiger partial charge in [-0.2, -0.15) is 0 Å². The molecule has 0 heterocycles. The quantitative estimate of drug-likeness (QED) is 0.767. The average molecular weight is 296 g/mol. The predicted molar refractivity (Wildman–Crippen MR) is 85.6 cm³/mol. The molecule has 1 aliphatic carbocycles. The zero-order chi connectivity index (χ0) is 14.4. The Morgan fingerprint density at radius 3 is 2.70 bits per heavy atom. The second-order valence-electron chi connectivity index (χ2n) is 5.73. The first-order valence-electron chi connectivity index (χ1n) is 7.81. The van der Waals surface area contributed by atoms with Crippen LogP contribution in [0.2, 0.25) is 5.02 Å². The maximum Gasteiger partial charge on any atom is 0.137 e. The van der Waals surface area contributed by atoms with E-state index in [1.54, 1.807) is 7.11 Å². The van der Waals surface area contributed by atoms with E-state index in [-0.39, 0.29) is 0 Å². The molecule has 1 fully saturated rings. The number of benzene rings is 1. The molecular weight excluding hydrogens is 270 g/mol. The van der Waals surface area contributed by atoms with Crippen LogP contribution in [-0.4, -0.2) is 13.7 Å². The SMILES string of the molecule is CCNC(CCC1CCCC1)c1ccc(OC)c(Cl)c1. The molecule has 0 bridgehead atoms. The Bertz CT molecular complexity index is 415. The maximum absolute atomic E-state index is 6.25. The van der Waals surface area contributed by atoms with E-state index in [1.807, 2.05) is 12.1 Å². The summed E-state index contributed by atoms with van der Waals surface area (Å²) < 4.78 is 5.23. The van der Waals surface area contributed by atoms with E-state index >= 15 is 0 Å². The van der Waals surface area contributed by atoms with E-state index in [4.69, 9.17) is 16.3 Å². The largest absolute Gasteiger partial charge is 0.495 e. The van der Waals surface area contributed by atoms with E-state index in [1.165, 1.54) is 44.1 Å². The molecule has 3 heteroatoms. The van der Waals surface area contributed by atoms with Crippen LogP contribution >= 0.6 is 11.6 Å². The molecule has 0 spiro atoms. The molecule has 0 amide bonds. The van der Waals surface area contributed by atoms with Gasteiger partial charge in [0.25, 0.3) is 0 Å². The van der Waals surface area contributed by atoms with Crippen molar-refractivity contribution >= 4 is 11.6 Å². The third-order valence-electron chi connectivity index (χ3n) is 4.37. The van der Waals surface area contributed by atoms with Gasteiger partial charge < -0.3 is 10.1 Å². The van der Waals surface area contributed by atoms with Gasteiger partial charge in [0.05, 0.1) is 12.1 Å². The van der Waals surface area contributed by atoms with Crippen molar-refractivity contribution in [1.29, 1.82) is 0 Å². The van der Waals surface area contributed by atoms with E-state index < -0.39 is 0 Å². The number of ether oxygens (including phenoxy) is 1. The van der Waals surface area contributed by atoms with Gasteiger partial charge in [-0.05, 0) is 43.0 Å². The Morgan fingerprint density at radius 2 is 2.10 bits per heavy atom. The van der Waals surface area contributed by atoms with Crippen molar-refractivity contribution < 1.29 is 4.74 Å². The van der Waals surface area contributed by atoms with Crippen molar-refractivity contribution in [2.24, 2.45) is 5.92 Å². The fourth-order valence-electron chi connectivity index (χ4n) is 3.23. The first kappa shape index (κ1) is 15.7. The van der Waals surface area contributed by atoms with Crippen LogP contribution in [0.3, 0.4) is 0 Å². The molecule has 1 atom stereocenters. The average Bonchev–Trinajstić information content (AvgIpc) is 2.96. The Labute approximate surface area is 127 Å². The number of hydrogen-bond donors (Lipinski definition) is 1. The lowest BCUT2D eigenvalue weighted by Crippen LogP contribution is -2.21. The summed E-state index contributed by atoms with van der Waals surface area (Å²) in [5.41, 5.74) is 1.27. The number of hydrogen-bond acceptors (Lipinski definition) is 2. The molecule has 1 aromatic rings. The van der Waals surface area contributed by atoms with Crippen LogP contribution in [0.25, 0.3) is 0 Å². The van der Waals surface area contributed by atoms with E-state index in [9.17, 15) is 0 Å². The minimum Gasteiger partial charge on any atom is -0.495 e. The van der Waals surface area contributed by atoms with Crippen LogP contribution in [0, 0.1) is 5.92 Å². The normalized spacial score (nSPS) is 17.4. The Hall–Kier alpha value is -0.730. The smallest absolute Gasteiger partial charge is 0.137 e. The molecule has 0 radical (unpaired) electrons. The van der Waals surface area contributed by atoms with Crippen molar-refractivity contribution in [2.45, 2.75) is 51.5 Å². The van der Waals surface area contributed by atoms with Gasteiger partial charge >= 0.3 is 0 Å². The summed E-state index contributed by atoms with van der Waals surface area (Å²) in [7, 11) is 1.66. The molecule has 1 aliphatic rings.